The molecule has 9 rings (SSSR count). The van der Waals surface area contributed by atoms with Gasteiger partial charge in [0.05, 0.1) is 34.2 Å². The lowest BCUT2D eigenvalue weighted by atomic mass is 10.0. The molecule has 284 valence electrons. The fourth-order valence-corrected chi connectivity index (χ4v) is 6.72. The van der Waals surface area contributed by atoms with Crippen LogP contribution in [0.1, 0.15) is 11.4 Å². The highest BCUT2D eigenvalue weighted by Crippen LogP contribution is 2.33. The molecule has 0 aliphatic heterocycles. The quantitative estimate of drug-likeness (QED) is 0.103. The van der Waals surface area contributed by atoms with Crippen molar-refractivity contribution in [2.75, 3.05) is 0 Å². The lowest BCUT2D eigenvalue weighted by Gasteiger charge is -2.12. The van der Waals surface area contributed by atoms with Crippen molar-refractivity contribution < 1.29 is 0 Å². The summed E-state index contributed by atoms with van der Waals surface area (Å²) in [7, 11) is 0. The Hall–Kier alpha value is -8.36. The van der Waals surface area contributed by atoms with Gasteiger partial charge in [0.15, 0.2) is 23.3 Å². The standard InChI is InChI=1S/C52H36N8/c53-44(46-35-45(37-21-8-2-9-22-37)56-49(57-46)38-23-10-3-11-24-38)31-17-16-29-42-33-41(36-19-6-1-7-20-36)34-47(55-42)48-43(30-18-32-54-48)52-59-50(39-25-12-4-13-26-39)58-51(60-52)40-27-14-5-15-28-40/h1-35,53H/b29-16+,31-17-,53-44?. The van der Waals surface area contributed by atoms with E-state index in [1.807, 2.05) is 188 Å². The number of aromatic nitrogens is 7. The van der Waals surface area contributed by atoms with E-state index in [0.717, 1.165) is 44.6 Å². The third-order valence-electron chi connectivity index (χ3n) is 9.69. The highest BCUT2D eigenvalue weighted by atomic mass is 15.0. The number of nitrogens with zero attached hydrogens (tertiary/aromatic N) is 7. The van der Waals surface area contributed by atoms with Gasteiger partial charge in [-0.25, -0.2) is 29.9 Å². The van der Waals surface area contributed by atoms with Gasteiger partial charge in [0.25, 0.3) is 0 Å². The van der Waals surface area contributed by atoms with Gasteiger partial charge < -0.3 is 0 Å². The summed E-state index contributed by atoms with van der Waals surface area (Å²) in [5, 5.41) is 9.02. The van der Waals surface area contributed by atoms with Crippen LogP contribution in [0.3, 0.4) is 0 Å². The fraction of sp³-hybridized carbons (Fsp3) is 0. The monoisotopic (exact) mass is 772 g/mol. The molecule has 5 aromatic carbocycles. The summed E-state index contributed by atoms with van der Waals surface area (Å²) in [4.78, 5) is 34.5. The van der Waals surface area contributed by atoms with Crippen molar-refractivity contribution in [3.05, 3.63) is 218 Å². The second-order valence-electron chi connectivity index (χ2n) is 13.8. The molecule has 4 heterocycles. The zero-order chi connectivity index (χ0) is 40.5. The Morgan fingerprint density at radius 3 is 1.50 bits per heavy atom. The minimum Gasteiger partial charge on any atom is -0.299 e. The largest absolute Gasteiger partial charge is 0.299 e. The first kappa shape index (κ1) is 37.2. The Labute approximate surface area is 348 Å². The summed E-state index contributed by atoms with van der Waals surface area (Å²) in [6.45, 7) is 0. The Morgan fingerprint density at radius 2 is 0.917 bits per heavy atom. The lowest BCUT2D eigenvalue weighted by molar-refractivity contribution is 1.07. The molecule has 0 saturated carbocycles. The molecule has 9 aromatic rings. The maximum atomic E-state index is 9.02. The number of allylic oxidation sites excluding steroid dienone is 3. The van der Waals surface area contributed by atoms with Crippen molar-refractivity contribution in [2.45, 2.75) is 0 Å². The van der Waals surface area contributed by atoms with Crippen LogP contribution < -0.4 is 0 Å². The fourth-order valence-electron chi connectivity index (χ4n) is 6.72. The maximum absolute atomic E-state index is 9.02. The molecule has 60 heavy (non-hydrogen) atoms. The second-order valence-corrected chi connectivity index (χ2v) is 13.8. The number of nitrogens with one attached hydrogen (secondary N) is 1. The van der Waals surface area contributed by atoms with Crippen molar-refractivity contribution >= 4 is 11.8 Å². The van der Waals surface area contributed by atoms with Crippen LogP contribution in [-0.4, -0.2) is 40.6 Å². The molecule has 1 N–H and O–H groups in total. The van der Waals surface area contributed by atoms with E-state index in [0.29, 0.717) is 46.1 Å². The third-order valence-corrected chi connectivity index (χ3v) is 9.69. The molecule has 0 unspecified atom stereocenters. The number of rotatable bonds is 11. The Bertz CT molecular complexity index is 2860. The van der Waals surface area contributed by atoms with Gasteiger partial charge in [-0.3, -0.25) is 10.4 Å². The molecule has 0 atom stereocenters. The van der Waals surface area contributed by atoms with Crippen LogP contribution in [-0.2, 0) is 0 Å². The first-order valence-corrected chi connectivity index (χ1v) is 19.5. The van der Waals surface area contributed by atoms with Crippen LogP contribution >= 0.6 is 0 Å². The smallest absolute Gasteiger partial charge is 0.166 e. The Morgan fingerprint density at radius 1 is 0.400 bits per heavy atom. The third kappa shape index (κ3) is 8.49. The van der Waals surface area contributed by atoms with Crippen LogP contribution in [0, 0.1) is 5.41 Å². The van der Waals surface area contributed by atoms with Gasteiger partial charge in [0, 0.05) is 34.0 Å². The minimum absolute atomic E-state index is 0.253. The summed E-state index contributed by atoms with van der Waals surface area (Å²) in [5.74, 6) is 2.19. The highest BCUT2D eigenvalue weighted by molar-refractivity contribution is 6.06. The van der Waals surface area contributed by atoms with E-state index in [9.17, 15) is 0 Å². The highest BCUT2D eigenvalue weighted by Gasteiger charge is 2.18. The first-order chi connectivity index (χ1) is 29.6. The number of pyridine rings is 2. The predicted molar refractivity (Wildman–Crippen MR) is 241 cm³/mol. The summed E-state index contributed by atoms with van der Waals surface area (Å²) in [6.07, 6.45) is 9.14. The van der Waals surface area contributed by atoms with Crippen molar-refractivity contribution in [2.24, 2.45) is 0 Å². The van der Waals surface area contributed by atoms with Crippen LogP contribution in [0.5, 0.6) is 0 Å². The molecule has 0 aliphatic carbocycles. The second kappa shape index (κ2) is 17.4. The van der Waals surface area contributed by atoms with E-state index in [1.54, 1.807) is 12.3 Å². The maximum Gasteiger partial charge on any atom is 0.166 e. The summed E-state index contributed by atoms with van der Waals surface area (Å²) < 4.78 is 0. The van der Waals surface area contributed by atoms with Gasteiger partial charge in [-0.05, 0) is 53.6 Å². The van der Waals surface area contributed by atoms with E-state index >= 15 is 0 Å². The average Bonchev–Trinajstić information content (AvgIpc) is 3.34. The zero-order valence-electron chi connectivity index (χ0n) is 32.3. The molecule has 4 aromatic heterocycles. The molecule has 8 nitrogen and oxygen atoms in total. The minimum atomic E-state index is 0.253. The van der Waals surface area contributed by atoms with Crippen LogP contribution in [0.15, 0.2) is 206 Å². The predicted octanol–water partition coefficient (Wildman–Crippen LogP) is 11.8. The van der Waals surface area contributed by atoms with Crippen molar-refractivity contribution in [3.8, 4) is 79.3 Å². The van der Waals surface area contributed by atoms with E-state index < -0.39 is 0 Å². The Balaban J connectivity index is 1.08. The van der Waals surface area contributed by atoms with Gasteiger partial charge in [0.2, 0.25) is 0 Å². The summed E-state index contributed by atoms with van der Waals surface area (Å²) in [5.41, 5.74) is 9.88. The van der Waals surface area contributed by atoms with Gasteiger partial charge in [0.1, 0.15) is 0 Å². The lowest BCUT2D eigenvalue weighted by Crippen LogP contribution is -2.03. The van der Waals surface area contributed by atoms with Gasteiger partial charge >= 0.3 is 0 Å². The molecule has 0 amide bonds. The van der Waals surface area contributed by atoms with E-state index in [1.165, 1.54) is 0 Å². The summed E-state index contributed by atoms with van der Waals surface area (Å²) in [6, 6.07) is 59.6. The van der Waals surface area contributed by atoms with E-state index in [-0.39, 0.29) is 5.71 Å². The molecule has 0 aliphatic rings. The molecular weight excluding hydrogens is 737 g/mol. The topological polar surface area (TPSA) is 114 Å². The summed E-state index contributed by atoms with van der Waals surface area (Å²) >= 11 is 0. The number of benzene rings is 5. The Kier molecular flexibility index (Phi) is 10.8. The SMILES string of the molecule is N=C(/C=C\C=C\c1cc(-c2ccccc2)cc(-c2ncccc2-c2nc(-c3ccccc3)nc(-c3ccccc3)n2)n1)c1cc(-c2ccccc2)nc(-c2ccccc2)n1. The zero-order valence-corrected chi connectivity index (χ0v) is 32.3. The molecular formula is C52H36N8. The van der Waals surface area contributed by atoms with Gasteiger partial charge in [-0.1, -0.05) is 164 Å². The normalized spacial score (nSPS) is 11.3. The number of hydrogen-bond donors (Lipinski definition) is 1. The molecule has 0 fully saturated rings. The van der Waals surface area contributed by atoms with Crippen molar-refractivity contribution in [1.29, 1.82) is 5.41 Å². The van der Waals surface area contributed by atoms with Crippen molar-refractivity contribution in [1.82, 2.24) is 34.9 Å². The number of hydrogen-bond acceptors (Lipinski definition) is 8. The molecule has 0 spiro atoms. The van der Waals surface area contributed by atoms with Gasteiger partial charge in [-0.2, -0.15) is 0 Å². The first-order valence-electron chi connectivity index (χ1n) is 19.5. The van der Waals surface area contributed by atoms with Crippen LogP contribution in [0.2, 0.25) is 0 Å². The molecule has 0 saturated heterocycles. The van der Waals surface area contributed by atoms with Gasteiger partial charge in [-0.15, -0.1) is 0 Å². The van der Waals surface area contributed by atoms with Crippen LogP contribution in [0.25, 0.3) is 85.4 Å². The van der Waals surface area contributed by atoms with Crippen LogP contribution in [0.4, 0.5) is 0 Å². The van der Waals surface area contributed by atoms with E-state index in [4.69, 9.17) is 40.3 Å². The van der Waals surface area contributed by atoms with Crippen molar-refractivity contribution in [3.63, 3.8) is 0 Å². The van der Waals surface area contributed by atoms with E-state index in [2.05, 4.69) is 12.1 Å². The molecule has 0 radical (unpaired) electrons. The molecule has 8 heteroatoms. The molecule has 0 bridgehead atoms. The average molecular weight is 773 g/mol.